The van der Waals surface area contributed by atoms with Gasteiger partial charge in [-0.25, -0.2) is 4.39 Å². The van der Waals surface area contributed by atoms with Crippen molar-refractivity contribution in [3.63, 3.8) is 0 Å². The molecule has 1 aromatic carbocycles. The van der Waals surface area contributed by atoms with Crippen LogP contribution in [-0.4, -0.2) is 19.2 Å². The van der Waals surface area contributed by atoms with Crippen LogP contribution in [-0.2, 0) is 0 Å². The topological polar surface area (TPSA) is 21.3 Å². The first-order valence-corrected chi connectivity index (χ1v) is 4.95. The molecule has 1 N–H and O–H groups in total. The molecule has 0 aliphatic carbocycles. The van der Waals surface area contributed by atoms with E-state index in [4.69, 9.17) is 16.3 Å². The number of benzene rings is 1. The van der Waals surface area contributed by atoms with Gasteiger partial charge in [0.2, 0.25) is 0 Å². The van der Waals surface area contributed by atoms with Crippen LogP contribution in [0.2, 0.25) is 5.02 Å². The maximum atomic E-state index is 12.7. The zero-order chi connectivity index (χ0) is 9.97. The van der Waals surface area contributed by atoms with Crippen molar-refractivity contribution in [2.75, 3.05) is 13.2 Å². The molecule has 1 fully saturated rings. The molecule has 2 nitrogen and oxygen atoms in total. The average Bonchev–Trinajstić information content (AvgIpc) is 2.05. The van der Waals surface area contributed by atoms with Gasteiger partial charge in [0.25, 0.3) is 0 Å². The molecule has 1 atom stereocenters. The molecule has 0 radical (unpaired) electrons. The summed E-state index contributed by atoms with van der Waals surface area (Å²) in [5.41, 5.74) is 0. The predicted octanol–water partition coefficient (Wildman–Crippen LogP) is 2.22. The molecular weight excluding hydrogens is 205 g/mol. The monoisotopic (exact) mass is 215 g/mol. The first-order valence-electron chi connectivity index (χ1n) is 4.57. The predicted molar refractivity (Wildman–Crippen MR) is 53.3 cm³/mol. The summed E-state index contributed by atoms with van der Waals surface area (Å²) in [6.45, 7) is 1.64. The Bertz CT molecular complexity index is 328. The highest BCUT2D eigenvalue weighted by atomic mass is 35.5. The number of halogens is 2. The van der Waals surface area contributed by atoms with Gasteiger partial charge < -0.3 is 10.1 Å². The van der Waals surface area contributed by atoms with Crippen molar-refractivity contribution in [2.45, 2.75) is 12.5 Å². The maximum Gasteiger partial charge on any atom is 0.138 e. The SMILES string of the molecule is Fc1ccc(OCC2CCN2)c(Cl)c1. The first kappa shape index (κ1) is 9.74. The highest BCUT2D eigenvalue weighted by molar-refractivity contribution is 6.32. The minimum absolute atomic E-state index is 0.323. The average molecular weight is 216 g/mol. The Labute approximate surface area is 87.0 Å². The van der Waals surface area contributed by atoms with Crippen molar-refractivity contribution in [1.29, 1.82) is 0 Å². The summed E-state index contributed by atoms with van der Waals surface area (Å²) in [4.78, 5) is 0. The summed E-state index contributed by atoms with van der Waals surface area (Å²) in [6.07, 6.45) is 1.12. The van der Waals surface area contributed by atoms with Crippen LogP contribution in [0, 0.1) is 5.82 Å². The molecule has 1 aliphatic rings. The van der Waals surface area contributed by atoms with E-state index >= 15 is 0 Å². The van der Waals surface area contributed by atoms with Gasteiger partial charge in [-0.1, -0.05) is 11.6 Å². The van der Waals surface area contributed by atoms with E-state index in [9.17, 15) is 4.39 Å². The smallest absolute Gasteiger partial charge is 0.138 e. The van der Waals surface area contributed by atoms with Crippen LogP contribution >= 0.6 is 11.6 Å². The Morgan fingerprint density at radius 1 is 1.57 bits per heavy atom. The van der Waals surface area contributed by atoms with E-state index in [0.717, 1.165) is 13.0 Å². The summed E-state index contributed by atoms with van der Waals surface area (Å²) in [6, 6.07) is 4.56. The normalized spacial score (nSPS) is 20.3. The van der Waals surface area contributed by atoms with Crippen LogP contribution in [0.5, 0.6) is 5.75 Å². The molecule has 4 heteroatoms. The highest BCUT2D eigenvalue weighted by Crippen LogP contribution is 2.25. The van der Waals surface area contributed by atoms with Crippen LogP contribution in [0.25, 0.3) is 0 Å². The molecule has 0 aromatic heterocycles. The fourth-order valence-corrected chi connectivity index (χ4v) is 1.50. The molecule has 1 aliphatic heterocycles. The molecule has 1 aromatic rings. The Morgan fingerprint density at radius 3 is 2.93 bits per heavy atom. The van der Waals surface area contributed by atoms with E-state index < -0.39 is 0 Å². The molecule has 0 saturated carbocycles. The van der Waals surface area contributed by atoms with Crippen LogP contribution in [0.1, 0.15) is 6.42 Å². The third-order valence-corrected chi connectivity index (χ3v) is 2.56. The molecule has 76 valence electrons. The molecule has 0 bridgehead atoms. The summed E-state index contributed by atoms with van der Waals surface area (Å²) >= 11 is 5.79. The molecular formula is C10H11ClFNO. The summed E-state index contributed by atoms with van der Waals surface area (Å²) < 4.78 is 18.1. The van der Waals surface area contributed by atoms with Gasteiger partial charge in [-0.3, -0.25) is 0 Å². The van der Waals surface area contributed by atoms with E-state index in [0.29, 0.717) is 23.4 Å². The number of hydrogen-bond donors (Lipinski definition) is 1. The summed E-state index contributed by atoms with van der Waals surface area (Å²) in [5.74, 6) is 0.200. The maximum absolute atomic E-state index is 12.7. The van der Waals surface area contributed by atoms with Gasteiger partial charge in [-0.15, -0.1) is 0 Å². The zero-order valence-electron chi connectivity index (χ0n) is 7.59. The van der Waals surface area contributed by atoms with Gasteiger partial charge in [0.05, 0.1) is 5.02 Å². The van der Waals surface area contributed by atoms with E-state index in [-0.39, 0.29) is 5.82 Å². The van der Waals surface area contributed by atoms with Gasteiger partial charge in [0.15, 0.2) is 0 Å². The number of hydrogen-bond acceptors (Lipinski definition) is 2. The van der Waals surface area contributed by atoms with Crippen molar-refractivity contribution >= 4 is 11.6 Å². The van der Waals surface area contributed by atoms with E-state index in [1.165, 1.54) is 12.1 Å². The standard InChI is InChI=1S/C10H11ClFNO/c11-9-5-7(12)1-2-10(9)14-6-8-3-4-13-8/h1-2,5,8,13H,3-4,6H2. The molecule has 1 heterocycles. The first-order chi connectivity index (χ1) is 6.75. The molecule has 0 spiro atoms. The van der Waals surface area contributed by atoms with Gasteiger partial charge in [0, 0.05) is 6.04 Å². The second-order valence-electron chi connectivity index (χ2n) is 3.33. The molecule has 1 saturated heterocycles. The van der Waals surface area contributed by atoms with E-state index in [1.807, 2.05) is 0 Å². The number of ether oxygens (including phenoxy) is 1. The van der Waals surface area contributed by atoms with Crippen LogP contribution in [0.4, 0.5) is 4.39 Å². The second kappa shape index (κ2) is 4.15. The van der Waals surface area contributed by atoms with Crippen molar-refractivity contribution < 1.29 is 9.13 Å². The largest absolute Gasteiger partial charge is 0.490 e. The lowest BCUT2D eigenvalue weighted by atomic mass is 10.1. The molecule has 14 heavy (non-hydrogen) atoms. The third kappa shape index (κ3) is 2.16. The molecule has 0 amide bonds. The van der Waals surface area contributed by atoms with Gasteiger partial charge in [0.1, 0.15) is 18.2 Å². The minimum Gasteiger partial charge on any atom is -0.490 e. The summed E-state index contributed by atoms with van der Waals surface area (Å²) in [5, 5.41) is 3.53. The minimum atomic E-state index is -0.343. The Morgan fingerprint density at radius 2 is 2.36 bits per heavy atom. The van der Waals surface area contributed by atoms with Crippen LogP contribution < -0.4 is 10.1 Å². The van der Waals surface area contributed by atoms with Crippen LogP contribution in [0.15, 0.2) is 18.2 Å². The van der Waals surface area contributed by atoms with Gasteiger partial charge >= 0.3 is 0 Å². The van der Waals surface area contributed by atoms with Gasteiger partial charge in [-0.05, 0) is 31.2 Å². The van der Waals surface area contributed by atoms with Crippen molar-refractivity contribution in [1.82, 2.24) is 5.32 Å². The fraction of sp³-hybridized carbons (Fsp3) is 0.400. The summed E-state index contributed by atoms with van der Waals surface area (Å²) in [7, 11) is 0. The fourth-order valence-electron chi connectivity index (χ4n) is 1.27. The molecule has 2 rings (SSSR count). The Balaban J connectivity index is 1.94. The lowest BCUT2D eigenvalue weighted by molar-refractivity contribution is 0.217. The Kier molecular flexibility index (Phi) is 2.89. The van der Waals surface area contributed by atoms with Gasteiger partial charge in [-0.2, -0.15) is 0 Å². The molecule has 1 unspecified atom stereocenters. The van der Waals surface area contributed by atoms with Crippen molar-refractivity contribution in [2.24, 2.45) is 0 Å². The van der Waals surface area contributed by atoms with Crippen LogP contribution in [0.3, 0.4) is 0 Å². The number of nitrogens with one attached hydrogen (secondary N) is 1. The van der Waals surface area contributed by atoms with E-state index in [1.54, 1.807) is 6.07 Å². The number of rotatable bonds is 3. The van der Waals surface area contributed by atoms with E-state index in [2.05, 4.69) is 5.32 Å². The second-order valence-corrected chi connectivity index (χ2v) is 3.73. The van der Waals surface area contributed by atoms with Crippen molar-refractivity contribution in [3.8, 4) is 5.75 Å². The third-order valence-electron chi connectivity index (χ3n) is 2.26. The highest BCUT2D eigenvalue weighted by Gasteiger charge is 2.17. The lowest BCUT2D eigenvalue weighted by Gasteiger charge is -2.27. The lowest BCUT2D eigenvalue weighted by Crippen LogP contribution is -2.46. The zero-order valence-corrected chi connectivity index (χ0v) is 8.35. The quantitative estimate of drug-likeness (QED) is 0.835. The Hall–Kier alpha value is -0.800. The van der Waals surface area contributed by atoms with Crippen molar-refractivity contribution in [3.05, 3.63) is 29.0 Å².